The van der Waals surface area contributed by atoms with Gasteiger partial charge in [-0.15, -0.1) is 0 Å². The molecule has 1 amide bonds. The lowest BCUT2D eigenvalue weighted by atomic mass is 9.88. The van der Waals surface area contributed by atoms with Crippen molar-refractivity contribution in [2.24, 2.45) is 5.41 Å². The molecular formula is C19H40N2O2. The highest BCUT2D eigenvalue weighted by molar-refractivity contribution is 5.79. The van der Waals surface area contributed by atoms with Crippen LogP contribution in [0.4, 0.5) is 0 Å². The average Bonchev–Trinajstić information content (AvgIpc) is 2.30. The molecule has 23 heavy (non-hydrogen) atoms. The second kappa shape index (κ2) is 11.6. The van der Waals surface area contributed by atoms with Gasteiger partial charge in [-0.2, -0.15) is 0 Å². The first-order valence-electron chi connectivity index (χ1n) is 8.53. The first-order chi connectivity index (χ1) is 9.99. The Hall–Kier alpha value is -0.900. The molecule has 4 nitrogen and oxygen atoms in total. The Bertz CT molecular complexity index is 338. The van der Waals surface area contributed by atoms with Crippen molar-refractivity contribution >= 4 is 11.7 Å². The number of nitrogens with one attached hydrogen (secondary N) is 2. The van der Waals surface area contributed by atoms with Gasteiger partial charge in [0.25, 0.3) is 0 Å². The van der Waals surface area contributed by atoms with Crippen LogP contribution in [0.2, 0.25) is 0 Å². The quantitative estimate of drug-likeness (QED) is 0.594. The molecule has 0 aromatic carbocycles. The molecule has 0 atom stereocenters. The molecule has 0 aliphatic carbocycles. The van der Waals surface area contributed by atoms with Gasteiger partial charge in [-0.1, -0.05) is 28.2 Å². The predicted octanol–water partition coefficient (Wildman–Crippen LogP) is 4.08. The third kappa shape index (κ3) is 19.1. The third-order valence-electron chi connectivity index (χ3n) is 3.17. The maximum Gasteiger partial charge on any atom is 0.219 e. The highest BCUT2D eigenvalue weighted by atomic mass is 16.1. The van der Waals surface area contributed by atoms with Crippen LogP contribution in [-0.2, 0) is 9.59 Å². The molecule has 0 heterocycles. The Morgan fingerprint density at radius 2 is 1.39 bits per heavy atom. The summed E-state index contributed by atoms with van der Waals surface area (Å²) in [5.41, 5.74) is 0.194. The normalized spacial score (nSPS) is 11.7. The number of hydrogen-bond acceptors (Lipinski definition) is 3. The van der Waals surface area contributed by atoms with Crippen LogP contribution < -0.4 is 10.6 Å². The van der Waals surface area contributed by atoms with Gasteiger partial charge < -0.3 is 10.6 Å². The number of hydrogen-bond donors (Lipinski definition) is 2. The van der Waals surface area contributed by atoms with Crippen molar-refractivity contribution in [3.63, 3.8) is 0 Å². The van der Waals surface area contributed by atoms with Crippen LogP contribution in [0.15, 0.2) is 0 Å². The van der Waals surface area contributed by atoms with E-state index in [0.29, 0.717) is 31.6 Å². The second-order valence-corrected chi connectivity index (χ2v) is 8.36. The van der Waals surface area contributed by atoms with Crippen molar-refractivity contribution in [1.29, 1.82) is 0 Å². The van der Waals surface area contributed by atoms with Crippen molar-refractivity contribution in [3.8, 4) is 0 Å². The zero-order chi connectivity index (χ0) is 17.2. The van der Waals surface area contributed by atoms with Crippen LogP contribution in [0, 0.1) is 5.41 Å². The largest absolute Gasteiger partial charge is 0.356 e. The van der Waals surface area contributed by atoms with Crippen molar-refractivity contribution < 1.29 is 9.59 Å². The molecule has 0 saturated carbocycles. The molecule has 0 spiro atoms. The summed E-state index contributed by atoms with van der Waals surface area (Å²) in [7, 11) is 0. The molecule has 0 aliphatic rings. The van der Waals surface area contributed by atoms with E-state index in [1.54, 1.807) is 0 Å². The van der Waals surface area contributed by atoms with E-state index in [4.69, 9.17) is 0 Å². The van der Waals surface area contributed by atoms with Gasteiger partial charge in [0.05, 0.1) is 0 Å². The summed E-state index contributed by atoms with van der Waals surface area (Å²) in [6, 6.07) is 0. The van der Waals surface area contributed by atoms with Gasteiger partial charge >= 0.3 is 0 Å². The summed E-state index contributed by atoms with van der Waals surface area (Å²) >= 11 is 0. The van der Waals surface area contributed by atoms with Crippen molar-refractivity contribution in [1.82, 2.24) is 10.6 Å². The minimum absolute atomic E-state index is 0. The molecule has 0 aliphatic heterocycles. The molecule has 4 heteroatoms. The molecule has 0 saturated heterocycles. The summed E-state index contributed by atoms with van der Waals surface area (Å²) in [4.78, 5) is 23.4. The van der Waals surface area contributed by atoms with Crippen LogP contribution in [0.5, 0.6) is 0 Å². The molecular weight excluding hydrogens is 288 g/mol. The average molecular weight is 329 g/mol. The number of rotatable bonds is 10. The molecule has 2 N–H and O–H groups in total. The van der Waals surface area contributed by atoms with E-state index in [-0.39, 0.29) is 24.3 Å². The van der Waals surface area contributed by atoms with Crippen LogP contribution in [0.25, 0.3) is 0 Å². The van der Waals surface area contributed by atoms with E-state index >= 15 is 0 Å². The lowest BCUT2D eigenvalue weighted by Gasteiger charge is -2.20. The van der Waals surface area contributed by atoms with Gasteiger partial charge in [0.2, 0.25) is 5.91 Å². The highest BCUT2D eigenvalue weighted by Gasteiger charge is 2.15. The fourth-order valence-electron chi connectivity index (χ4n) is 2.16. The first kappa shape index (κ1) is 24.4. The summed E-state index contributed by atoms with van der Waals surface area (Å²) in [6.45, 7) is 14.2. The van der Waals surface area contributed by atoms with Gasteiger partial charge in [-0.05, 0) is 52.0 Å². The molecule has 0 aromatic heterocycles. The molecule has 0 unspecified atom stereocenters. The van der Waals surface area contributed by atoms with E-state index in [1.165, 1.54) is 0 Å². The standard InChI is InChI=1S/C18H36N2O2.CH4/c1-17(2,3)14-15(21)10-7-8-11-16(22)19-12-9-13-20-18(4,5)6;/h20H,7-14H2,1-6H3,(H,19,22);1H4. The molecule has 0 radical (unpaired) electrons. The van der Waals surface area contributed by atoms with Gasteiger partial charge in [0, 0.05) is 31.3 Å². The lowest BCUT2D eigenvalue weighted by Crippen LogP contribution is -2.37. The van der Waals surface area contributed by atoms with Gasteiger partial charge in [0.1, 0.15) is 5.78 Å². The molecule has 138 valence electrons. The zero-order valence-corrected chi connectivity index (χ0v) is 15.5. The number of Topliss-reactive ketones (excluding diaryl/α,β-unsaturated/α-hetero) is 1. The van der Waals surface area contributed by atoms with Crippen molar-refractivity contribution in [3.05, 3.63) is 0 Å². The summed E-state index contributed by atoms with van der Waals surface area (Å²) in [5, 5.41) is 6.32. The number of unbranched alkanes of at least 4 members (excludes halogenated alkanes) is 1. The van der Waals surface area contributed by atoms with E-state index in [0.717, 1.165) is 25.8 Å². The Kier molecular flexibility index (Phi) is 12.3. The van der Waals surface area contributed by atoms with E-state index in [1.807, 2.05) is 0 Å². The van der Waals surface area contributed by atoms with Gasteiger partial charge in [-0.3, -0.25) is 9.59 Å². The topological polar surface area (TPSA) is 58.2 Å². The van der Waals surface area contributed by atoms with Crippen molar-refractivity contribution in [2.45, 2.75) is 93.0 Å². The number of amides is 1. The maximum absolute atomic E-state index is 11.7. The molecule has 0 fully saturated rings. The van der Waals surface area contributed by atoms with Gasteiger partial charge in [-0.25, -0.2) is 0 Å². The summed E-state index contributed by atoms with van der Waals surface area (Å²) in [5.74, 6) is 0.403. The van der Waals surface area contributed by atoms with Crippen molar-refractivity contribution in [2.75, 3.05) is 13.1 Å². The monoisotopic (exact) mass is 328 g/mol. The Morgan fingerprint density at radius 1 is 0.826 bits per heavy atom. The van der Waals surface area contributed by atoms with Crippen LogP contribution >= 0.6 is 0 Å². The summed E-state index contributed by atoms with van der Waals surface area (Å²) < 4.78 is 0. The number of carbonyl (C=O) groups excluding carboxylic acids is 2. The highest BCUT2D eigenvalue weighted by Crippen LogP contribution is 2.20. The SMILES string of the molecule is C.CC(C)(C)CC(=O)CCCCC(=O)NCCCNC(C)(C)C. The molecule has 0 bridgehead atoms. The number of carbonyl (C=O) groups is 2. The summed E-state index contributed by atoms with van der Waals surface area (Å²) in [6.07, 6.45) is 4.29. The van der Waals surface area contributed by atoms with Gasteiger partial charge in [0.15, 0.2) is 0 Å². The fraction of sp³-hybridized carbons (Fsp3) is 0.895. The van der Waals surface area contributed by atoms with Crippen LogP contribution in [-0.4, -0.2) is 30.3 Å². The Morgan fingerprint density at radius 3 is 1.91 bits per heavy atom. The third-order valence-corrected chi connectivity index (χ3v) is 3.17. The Balaban J connectivity index is 0. The molecule has 0 aromatic rings. The molecule has 0 rings (SSSR count). The van der Waals surface area contributed by atoms with E-state index < -0.39 is 0 Å². The zero-order valence-electron chi connectivity index (χ0n) is 15.5. The lowest BCUT2D eigenvalue weighted by molar-refractivity contribution is -0.122. The minimum atomic E-state index is 0. The maximum atomic E-state index is 11.7. The Labute approximate surface area is 144 Å². The number of ketones is 1. The van der Waals surface area contributed by atoms with Crippen LogP contribution in [0.1, 0.15) is 87.5 Å². The van der Waals surface area contributed by atoms with E-state index in [2.05, 4.69) is 52.2 Å². The minimum Gasteiger partial charge on any atom is -0.356 e. The first-order valence-corrected chi connectivity index (χ1v) is 8.53. The smallest absolute Gasteiger partial charge is 0.219 e. The second-order valence-electron chi connectivity index (χ2n) is 8.36. The predicted molar refractivity (Wildman–Crippen MR) is 99.7 cm³/mol. The fourth-order valence-corrected chi connectivity index (χ4v) is 2.16. The van der Waals surface area contributed by atoms with Crippen LogP contribution in [0.3, 0.4) is 0 Å². The van der Waals surface area contributed by atoms with E-state index in [9.17, 15) is 9.59 Å².